The zero-order valence-corrected chi connectivity index (χ0v) is 18.4. The third kappa shape index (κ3) is 6.15. The smallest absolute Gasteiger partial charge is 0.299 e. The molecule has 20 radical (unpaired) electrons. The second kappa shape index (κ2) is 12.7. The summed E-state index contributed by atoms with van der Waals surface area (Å²) in [6, 6.07) is 0. The summed E-state index contributed by atoms with van der Waals surface area (Å²) >= 11 is 0. The van der Waals surface area contributed by atoms with E-state index in [1.54, 1.807) is 0 Å². The van der Waals surface area contributed by atoms with Crippen LogP contribution in [0.15, 0.2) is 0 Å². The van der Waals surface area contributed by atoms with Gasteiger partial charge in [-0.3, -0.25) is 4.79 Å². The number of carbonyl (C=O) groups is 1. The predicted molar refractivity (Wildman–Crippen MR) is 108 cm³/mol. The molecule has 4 aliphatic rings. The van der Waals surface area contributed by atoms with E-state index >= 15 is 0 Å². The Hall–Kier alpha value is 0.709. The maximum absolute atomic E-state index is 13.7. The van der Waals surface area contributed by atoms with Gasteiger partial charge in [0.1, 0.15) is 5.78 Å². The molecule has 0 bridgehead atoms. The van der Waals surface area contributed by atoms with E-state index in [4.69, 9.17) is 0 Å². The molecule has 0 saturated heterocycles. The monoisotopic (exact) mass is 464 g/mol. The Morgan fingerprint density at radius 3 is 1.41 bits per heavy atom. The van der Waals surface area contributed by atoms with Crippen LogP contribution in [0, 0.1) is 132 Å². The number of carbonyl (C=O) groups excluding carboxylic acids is 1. The van der Waals surface area contributed by atoms with Gasteiger partial charge >= 0.3 is 34.1 Å². The molecule has 0 aromatic heterocycles. The van der Waals surface area contributed by atoms with Gasteiger partial charge in [0, 0.05) is 11.8 Å². The quantitative estimate of drug-likeness (QED) is 0.452. The van der Waals surface area contributed by atoms with Gasteiger partial charge in [-0.05, 0) is 146 Å². The fraction of sp³-hybridized carbons (Fsp3) is 0.192. The van der Waals surface area contributed by atoms with E-state index in [-0.39, 0.29) is 34.1 Å². The van der Waals surface area contributed by atoms with Crippen LogP contribution in [0.4, 0.5) is 0 Å². The van der Waals surface area contributed by atoms with Crippen molar-refractivity contribution in [2.75, 3.05) is 0 Å². The molecule has 0 unspecified atom stereocenters. The second-order valence-electron chi connectivity index (χ2n) is 7.26. The molecule has 146 valence electrons. The molecule has 0 amide bonds. The van der Waals surface area contributed by atoms with Crippen LogP contribution in [0.3, 0.4) is 0 Å². The maximum atomic E-state index is 13.7. The van der Waals surface area contributed by atoms with Gasteiger partial charge < -0.3 is 0 Å². The van der Waals surface area contributed by atoms with Crippen molar-refractivity contribution >= 4 is 5.78 Å². The molecular formula is C26H24Fe2O+4. The van der Waals surface area contributed by atoms with E-state index in [1.807, 2.05) is 38.5 Å². The van der Waals surface area contributed by atoms with E-state index < -0.39 is 5.41 Å². The van der Waals surface area contributed by atoms with Crippen LogP contribution in [0.1, 0.15) is 25.7 Å². The first kappa shape index (κ1) is 26.0. The topological polar surface area (TPSA) is 17.1 Å². The first-order valence-corrected chi connectivity index (χ1v) is 9.68. The van der Waals surface area contributed by atoms with Crippen LogP contribution in [-0.4, -0.2) is 5.78 Å². The Bertz CT molecular complexity index is 451. The molecule has 4 fully saturated rings. The molecule has 0 atom stereocenters. The average Bonchev–Trinajstić information content (AvgIpc) is 3.50. The van der Waals surface area contributed by atoms with Crippen LogP contribution in [-0.2, 0) is 38.9 Å². The van der Waals surface area contributed by atoms with Gasteiger partial charge in [0.25, 0.3) is 0 Å². The van der Waals surface area contributed by atoms with Crippen molar-refractivity contribution in [2.24, 2.45) is 5.41 Å². The fourth-order valence-electron chi connectivity index (χ4n) is 4.20. The summed E-state index contributed by atoms with van der Waals surface area (Å²) in [6.45, 7) is 0. The SMILES string of the molecule is O=C(CC[C]1[CH][CH][CH][CH]1)C(CC[C]1[CH][CH][CH][CH]1)([C]1[CH][CH][CH][CH]1)[C]1[CH][CH][CH][CH]1.[Fe+2].[Fe+2]. The van der Waals surface area contributed by atoms with Crippen LogP contribution < -0.4 is 0 Å². The van der Waals surface area contributed by atoms with Gasteiger partial charge in [0.05, 0.1) is 0 Å². The molecule has 0 aliphatic heterocycles. The molecule has 4 saturated carbocycles. The Morgan fingerprint density at radius 1 is 0.586 bits per heavy atom. The van der Waals surface area contributed by atoms with E-state index in [0.717, 1.165) is 31.1 Å². The minimum Gasteiger partial charge on any atom is -0.299 e. The third-order valence-corrected chi connectivity index (χ3v) is 5.68. The van der Waals surface area contributed by atoms with Crippen LogP contribution in [0.5, 0.6) is 0 Å². The normalized spacial score (nSPS) is 24.7. The fourth-order valence-corrected chi connectivity index (χ4v) is 4.20. The van der Waals surface area contributed by atoms with Gasteiger partial charge in [-0.25, -0.2) is 0 Å². The van der Waals surface area contributed by atoms with Crippen molar-refractivity contribution in [3.8, 4) is 0 Å². The molecule has 4 aliphatic carbocycles. The summed E-state index contributed by atoms with van der Waals surface area (Å²) in [6.07, 6.45) is 36.4. The number of Topliss-reactive ketones (excluding diaryl/α,β-unsaturated/α-hetero) is 1. The molecule has 0 heterocycles. The summed E-state index contributed by atoms with van der Waals surface area (Å²) in [5.74, 6) is 5.08. The van der Waals surface area contributed by atoms with Gasteiger partial charge in [-0.1, -0.05) is 0 Å². The van der Waals surface area contributed by atoms with Crippen LogP contribution in [0.2, 0.25) is 0 Å². The third-order valence-electron chi connectivity index (χ3n) is 5.68. The summed E-state index contributed by atoms with van der Waals surface area (Å²) in [7, 11) is 0. The van der Waals surface area contributed by atoms with Gasteiger partial charge in [-0.15, -0.1) is 0 Å². The molecule has 0 aromatic carbocycles. The van der Waals surface area contributed by atoms with Crippen molar-refractivity contribution in [3.63, 3.8) is 0 Å². The van der Waals surface area contributed by atoms with Gasteiger partial charge in [-0.2, -0.15) is 0 Å². The zero-order chi connectivity index (χ0) is 18.5. The molecule has 3 heteroatoms. The van der Waals surface area contributed by atoms with Crippen molar-refractivity contribution < 1.29 is 38.9 Å². The van der Waals surface area contributed by atoms with E-state index in [1.165, 1.54) is 11.8 Å². The number of hydrogen-bond acceptors (Lipinski definition) is 1. The van der Waals surface area contributed by atoms with E-state index in [0.29, 0.717) is 12.2 Å². The maximum Gasteiger partial charge on any atom is 2.00 e. The second-order valence-corrected chi connectivity index (χ2v) is 7.26. The van der Waals surface area contributed by atoms with Gasteiger partial charge in [0.2, 0.25) is 0 Å². The summed E-state index contributed by atoms with van der Waals surface area (Å²) in [4.78, 5) is 13.7. The summed E-state index contributed by atoms with van der Waals surface area (Å²) in [5, 5.41) is 0. The predicted octanol–water partition coefficient (Wildman–Crippen LogP) is 4.72. The largest absolute Gasteiger partial charge is 2.00 e. The minimum atomic E-state index is -0.573. The number of rotatable bonds is 9. The van der Waals surface area contributed by atoms with E-state index in [2.05, 4.69) is 64.2 Å². The first-order valence-electron chi connectivity index (χ1n) is 9.68. The molecular weight excluding hydrogens is 440 g/mol. The Kier molecular flexibility index (Phi) is 11.3. The van der Waals surface area contributed by atoms with Crippen molar-refractivity contribution in [3.05, 3.63) is 126 Å². The Morgan fingerprint density at radius 2 is 0.966 bits per heavy atom. The van der Waals surface area contributed by atoms with Gasteiger partial charge in [0.15, 0.2) is 0 Å². The molecule has 1 nitrogen and oxygen atoms in total. The van der Waals surface area contributed by atoms with Crippen LogP contribution in [0.25, 0.3) is 0 Å². The summed E-state index contributed by atoms with van der Waals surface area (Å²) < 4.78 is 0. The standard InChI is InChI=1S/C26H24O.2Fe/c27-25(18-17-21-9-1-2-10-21)26(23-13-5-6-14-23,24-15-7-8-16-24)20-19-22-11-3-4-12-22;;/h1-16H,17-20H2;;/q;2*+2. The molecule has 29 heavy (non-hydrogen) atoms. The Labute approximate surface area is 201 Å². The summed E-state index contributed by atoms with van der Waals surface area (Å²) in [5.41, 5.74) is -0.573. The number of hydrogen-bond donors (Lipinski definition) is 0. The van der Waals surface area contributed by atoms with E-state index in [9.17, 15) is 4.79 Å². The molecule has 4 rings (SSSR count). The van der Waals surface area contributed by atoms with Crippen molar-refractivity contribution in [2.45, 2.75) is 25.7 Å². The molecule has 0 aromatic rings. The van der Waals surface area contributed by atoms with Crippen LogP contribution >= 0.6 is 0 Å². The average molecular weight is 464 g/mol. The minimum absolute atomic E-state index is 0. The van der Waals surface area contributed by atoms with Crippen molar-refractivity contribution in [1.29, 1.82) is 0 Å². The van der Waals surface area contributed by atoms with Crippen molar-refractivity contribution in [1.82, 2.24) is 0 Å². The molecule has 0 spiro atoms. The number of ketones is 1. The molecule has 0 N–H and O–H groups in total. The first-order chi connectivity index (χ1) is 13.3. The zero-order valence-electron chi connectivity index (χ0n) is 16.2. The Balaban J connectivity index is 0.00000150.